The first-order valence-corrected chi connectivity index (χ1v) is 9.03. The molecule has 0 spiro atoms. The Morgan fingerprint density at radius 2 is 1.80 bits per heavy atom. The Morgan fingerprint density at radius 1 is 1.04 bits per heavy atom. The molecule has 1 aliphatic heterocycles. The van der Waals surface area contributed by atoms with Gasteiger partial charge in [-0.1, -0.05) is 36.4 Å². The Balaban J connectivity index is 1.59. The molecular formula is C21H24N4. The van der Waals surface area contributed by atoms with Crippen LogP contribution in [0.15, 0.2) is 54.7 Å². The largest absolute Gasteiger partial charge is 0.341 e. The lowest BCUT2D eigenvalue weighted by molar-refractivity contribution is 0.352. The minimum atomic E-state index is 0.270. The summed E-state index contributed by atoms with van der Waals surface area (Å²) in [5, 5.41) is 2.48. The number of rotatable bonds is 3. The number of hydrogen-bond acceptors (Lipinski definition) is 4. The van der Waals surface area contributed by atoms with Crippen molar-refractivity contribution in [3.63, 3.8) is 0 Å². The molecule has 1 unspecified atom stereocenters. The maximum atomic E-state index is 6.05. The highest BCUT2D eigenvalue weighted by molar-refractivity contribution is 5.86. The van der Waals surface area contributed by atoms with Gasteiger partial charge in [0.15, 0.2) is 0 Å². The Kier molecular flexibility index (Phi) is 4.36. The van der Waals surface area contributed by atoms with Crippen LogP contribution in [0.5, 0.6) is 0 Å². The van der Waals surface area contributed by atoms with Crippen molar-refractivity contribution in [2.45, 2.75) is 25.8 Å². The van der Waals surface area contributed by atoms with Crippen LogP contribution in [0, 0.1) is 5.92 Å². The molecule has 2 heterocycles. The molecule has 0 saturated carbocycles. The maximum absolute atomic E-state index is 6.05. The lowest BCUT2D eigenvalue weighted by Crippen LogP contribution is -2.40. The van der Waals surface area contributed by atoms with E-state index in [1.54, 1.807) is 0 Å². The molecule has 4 rings (SSSR count). The summed E-state index contributed by atoms with van der Waals surface area (Å²) >= 11 is 0. The van der Waals surface area contributed by atoms with Gasteiger partial charge in [-0.05, 0) is 48.6 Å². The second kappa shape index (κ2) is 6.81. The molecule has 3 aromatic rings. The molecule has 128 valence electrons. The average Bonchev–Trinajstić information content (AvgIpc) is 2.68. The minimum absolute atomic E-state index is 0.270. The van der Waals surface area contributed by atoms with Crippen molar-refractivity contribution in [2.75, 3.05) is 18.0 Å². The van der Waals surface area contributed by atoms with Gasteiger partial charge >= 0.3 is 0 Å². The third kappa shape index (κ3) is 3.35. The number of nitrogens with two attached hydrogens (primary N) is 1. The van der Waals surface area contributed by atoms with Crippen LogP contribution in [0.25, 0.3) is 22.0 Å². The molecule has 1 fully saturated rings. The van der Waals surface area contributed by atoms with Gasteiger partial charge in [-0.2, -0.15) is 0 Å². The smallest absolute Gasteiger partial charge is 0.225 e. The van der Waals surface area contributed by atoms with Crippen LogP contribution >= 0.6 is 0 Å². The summed E-state index contributed by atoms with van der Waals surface area (Å²) in [7, 11) is 0. The van der Waals surface area contributed by atoms with Gasteiger partial charge in [0.25, 0.3) is 0 Å². The second-order valence-corrected chi connectivity index (χ2v) is 6.99. The van der Waals surface area contributed by atoms with Gasteiger partial charge in [-0.25, -0.2) is 9.97 Å². The normalized spacial score (nSPS) is 17.0. The van der Waals surface area contributed by atoms with Crippen molar-refractivity contribution in [3.8, 4) is 11.3 Å². The summed E-state index contributed by atoms with van der Waals surface area (Å²) in [4.78, 5) is 11.6. The Hall–Kier alpha value is -2.46. The van der Waals surface area contributed by atoms with Crippen molar-refractivity contribution < 1.29 is 0 Å². The van der Waals surface area contributed by atoms with Crippen molar-refractivity contribution in [1.29, 1.82) is 0 Å². The zero-order valence-electron chi connectivity index (χ0n) is 14.6. The fraction of sp³-hybridized carbons (Fsp3) is 0.333. The fourth-order valence-corrected chi connectivity index (χ4v) is 3.64. The molecule has 0 amide bonds. The van der Waals surface area contributed by atoms with E-state index < -0.39 is 0 Å². The van der Waals surface area contributed by atoms with E-state index in [1.165, 1.54) is 10.8 Å². The van der Waals surface area contributed by atoms with E-state index in [9.17, 15) is 0 Å². The third-order valence-corrected chi connectivity index (χ3v) is 5.25. The Morgan fingerprint density at radius 3 is 2.56 bits per heavy atom. The molecule has 1 aliphatic rings. The molecule has 4 heteroatoms. The molecule has 1 saturated heterocycles. The lowest BCUT2D eigenvalue weighted by Gasteiger charge is -2.33. The van der Waals surface area contributed by atoms with Gasteiger partial charge in [0.1, 0.15) is 0 Å². The van der Waals surface area contributed by atoms with E-state index in [1.807, 2.05) is 12.3 Å². The van der Waals surface area contributed by atoms with Crippen LogP contribution in [0.4, 0.5) is 5.95 Å². The van der Waals surface area contributed by atoms with Crippen molar-refractivity contribution >= 4 is 16.7 Å². The van der Waals surface area contributed by atoms with E-state index in [-0.39, 0.29) is 6.04 Å². The first kappa shape index (κ1) is 16.0. The number of piperidine rings is 1. The molecule has 0 radical (unpaired) electrons. The quantitative estimate of drug-likeness (QED) is 0.791. The number of benzene rings is 2. The highest BCUT2D eigenvalue weighted by Crippen LogP contribution is 2.26. The van der Waals surface area contributed by atoms with Crippen molar-refractivity contribution in [2.24, 2.45) is 11.7 Å². The summed E-state index contributed by atoms with van der Waals surface area (Å²) in [5.74, 6) is 1.44. The molecule has 2 N–H and O–H groups in total. The molecule has 0 aliphatic carbocycles. The first-order chi connectivity index (χ1) is 12.2. The van der Waals surface area contributed by atoms with Gasteiger partial charge < -0.3 is 10.6 Å². The highest BCUT2D eigenvalue weighted by Gasteiger charge is 2.23. The van der Waals surface area contributed by atoms with Gasteiger partial charge in [0.2, 0.25) is 5.95 Å². The van der Waals surface area contributed by atoms with Crippen molar-refractivity contribution in [1.82, 2.24) is 9.97 Å². The summed E-state index contributed by atoms with van der Waals surface area (Å²) < 4.78 is 0. The second-order valence-electron chi connectivity index (χ2n) is 6.99. The minimum Gasteiger partial charge on any atom is -0.341 e. The van der Waals surface area contributed by atoms with Crippen molar-refractivity contribution in [3.05, 3.63) is 54.7 Å². The molecule has 2 aromatic carbocycles. The molecule has 1 atom stereocenters. The SMILES string of the molecule is CC(N)C1CCN(c2nccc(-c3ccc4ccccc4c3)n2)CC1. The predicted molar refractivity (Wildman–Crippen MR) is 104 cm³/mol. The third-order valence-electron chi connectivity index (χ3n) is 5.25. The lowest BCUT2D eigenvalue weighted by atomic mass is 9.91. The van der Waals surface area contributed by atoms with Crippen LogP contribution in [0.1, 0.15) is 19.8 Å². The first-order valence-electron chi connectivity index (χ1n) is 9.03. The number of aromatic nitrogens is 2. The summed E-state index contributed by atoms with van der Waals surface area (Å²) in [6, 6.07) is 17.2. The fourth-order valence-electron chi connectivity index (χ4n) is 3.64. The van der Waals surface area contributed by atoms with Crippen LogP contribution in [0.2, 0.25) is 0 Å². The van der Waals surface area contributed by atoms with Crippen LogP contribution < -0.4 is 10.6 Å². The highest BCUT2D eigenvalue weighted by atomic mass is 15.2. The monoisotopic (exact) mass is 332 g/mol. The zero-order chi connectivity index (χ0) is 17.2. The Bertz CT molecular complexity index is 866. The van der Waals surface area contributed by atoms with Gasteiger partial charge in [0, 0.05) is 30.9 Å². The summed E-state index contributed by atoms with van der Waals surface area (Å²) in [5.41, 5.74) is 8.16. The maximum Gasteiger partial charge on any atom is 0.225 e. The number of hydrogen-bond donors (Lipinski definition) is 1. The predicted octanol–water partition coefficient (Wildman–Crippen LogP) is 3.86. The van der Waals surface area contributed by atoms with Gasteiger partial charge in [0.05, 0.1) is 5.69 Å². The Labute approximate surface area is 148 Å². The standard InChI is InChI=1S/C21H24N4/c1-15(22)16-9-12-25(13-10-16)21-23-11-8-20(24-21)19-7-6-17-4-2-3-5-18(17)14-19/h2-8,11,14-16H,9-10,12-13,22H2,1H3. The number of nitrogens with zero attached hydrogens (tertiary/aromatic N) is 3. The van der Waals surface area contributed by atoms with Crippen LogP contribution in [-0.4, -0.2) is 29.1 Å². The van der Waals surface area contributed by atoms with E-state index >= 15 is 0 Å². The average molecular weight is 332 g/mol. The van der Waals surface area contributed by atoms with E-state index in [4.69, 9.17) is 10.7 Å². The molecular weight excluding hydrogens is 308 g/mol. The molecule has 25 heavy (non-hydrogen) atoms. The van der Waals surface area contributed by atoms with E-state index in [0.29, 0.717) is 5.92 Å². The summed E-state index contributed by atoms with van der Waals surface area (Å²) in [6.07, 6.45) is 4.09. The molecule has 4 nitrogen and oxygen atoms in total. The zero-order valence-corrected chi connectivity index (χ0v) is 14.6. The van der Waals surface area contributed by atoms with E-state index in [0.717, 1.165) is 43.1 Å². The summed E-state index contributed by atoms with van der Waals surface area (Å²) in [6.45, 7) is 4.07. The number of anilines is 1. The molecule has 0 bridgehead atoms. The topological polar surface area (TPSA) is 55.0 Å². The van der Waals surface area contributed by atoms with Gasteiger partial charge in [-0.15, -0.1) is 0 Å². The van der Waals surface area contributed by atoms with E-state index in [2.05, 4.69) is 59.3 Å². The number of fused-ring (bicyclic) bond motifs is 1. The molecule has 1 aromatic heterocycles. The van der Waals surface area contributed by atoms with Crippen LogP contribution in [0.3, 0.4) is 0 Å². The van der Waals surface area contributed by atoms with Crippen LogP contribution in [-0.2, 0) is 0 Å². The van der Waals surface area contributed by atoms with Gasteiger partial charge in [-0.3, -0.25) is 0 Å².